The van der Waals surface area contributed by atoms with Gasteiger partial charge in [-0.1, -0.05) is 54.9 Å². The normalized spacial score (nSPS) is 18.0. The van der Waals surface area contributed by atoms with Crippen LogP contribution >= 0.6 is 11.6 Å². The average Bonchev–Trinajstić information content (AvgIpc) is 2.94. The molecule has 37 heavy (non-hydrogen) atoms. The SMILES string of the molecule is CCc1cccc(-c2c(Cl)cccc2[C@](O)(CCCCOC)[C@@H]2CCCN(C(=O)C(C)(CO)CO)C2)c1. The second kappa shape index (κ2) is 13.2. The quantitative estimate of drug-likeness (QED) is 0.342. The number of aliphatic hydroxyl groups is 3. The molecule has 0 saturated carbocycles. The number of benzene rings is 2. The maximum atomic E-state index is 13.3. The molecule has 1 fully saturated rings. The summed E-state index contributed by atoms with van der Waals surface area (Å²) in [5.74, 6) is -0.521. The Labute approximate surface area is 226 Å². The number of nitrogens with zero attached hydrogens (tertiary/aromatic N) is 1. The van der Waals surface area contributed by atoms with Crippen molar-refractivity contribution in [3.05, 3.63) is 58.6 Å². The molecular formula is C30H42ClNO5. The second-order valence-corrected chi connectivity index (χ2v) is 11.0. The maximum absolute atomic E-state index is 13.3. The molecule has 0 bridgehead atoms. The molecule has 7 heteroatoms. The number of hydrogen-bond donors (Lipinski definition) is 3. The highest BCUT2D eigenvalue weighted by molar-refractivity contribution is 6.33. The van der Waals surface area contributed by atoms with Gasteiger partial charge in [0.25, 0.3) is 0 Å². The smallest absolute Gasteiger partial charge is 0.233 e. The number of hydrogen-bond acceptors (Lipinski definition) is 5. The third-order valence-corrected chi connectivity index (χ3v) is 8.17. The molecule has 2 aromatic carbocycles. The number of aliphatic hydroxyl groups excluding tert-OH is 2. The van der Waals surface area contributed by atoms with Crippen LogP contribution in [0.5, 0.6) is 0 Å². The van der Waals surface area contributed by atoms with E-state index in [0.29, 0.717) is 31.1 Å². The van der Waals surface area contributed by atoms with Gasteiger partial charge < -0.3 is 25.0 Å². The summed E-state index contributed by atoms with van der Waals surface area (Å²) in [6, 6.07) is 14.0. The second-order valence-electron chi connectivity index (χ2n) is 10.6. The standard InChI is InChI=1S/C30H42ClNO5/c1-4-22-10-7-11-23(18-22)27-25(13-8-14-26(27)31)30(36,15-5-6-17-37-3)24-12-9-16-32(19-24)28(35)29(2,20-33)21-34/h7-8,10-11,13-14,18,24,33-34,36H,4-6,9,12,15-17,19-21H2,1-3H3/t24-,30+/m1/s1. The van der Waals surface area contributed by atoms with Crippen molar-refractivity contribution in [2.45, 2.75) is 58.0 Å². The fourth-order valence-corrected chi connectivity index (χ4v) is 5.73. The summed E-state index contributed by atoms with van der Waals surface area (Å²) >= 11 is 6.81. The summed E-state index contributed by atoms with van der Waals surface area (Å²) in [5, 5.41) is 32.8. The molecule has 1 saturated heterocycles. The zero-order valence-electron chi connectivity index (χ0n) is 22.4. The minimum atomic E-state index is -1.25. The van der Waals surface area contributed by atoms with Gasteiger partial charge in [-0.25, -0.2) is 0 Å². The van der Waals surface area contributed by atoms with Crippen LogP contribution < -0.4 is 0 Å². The van der Waals surface area contributed by atoms with Crippen molar-refractivity contribution in [3.8, 4) is 11.1 Å². The van der Waals surface area contributed by atoms with Crippen LogP contribution in [0.25, 0.3) is 11.1 Å². The zero-order valence-corrected chi connectivity index (χ0v) is 23.1. The van der Waals surface area contributed by atoms with E-state index in [4.69, 9.17) is 16.3 Å². The van der Waals surface area contributed by atoms with Gasteiger partial charge in [0.2, 0.25) is 5.91 Å². The van der Waals surface area contributed by atoms with Crippen molar-refractivity contribution >= 4 is 17.5 Å². The molecule has 1 heterocycles. The first-order valence-corrected chi connectivity index (χ1v) is 13.7. The predicted molar refractivity (Wildman–Crippen MR) is 147 cm³/mol. The van der Waals surface area contributed by atoms with E-state index < -0.39 is 24.2 Å². The molecule has 204 valence electrons. The molecule has 0 aromatic heterocycles. The zero-order chi connectivity index (χ0) is 27.1. The minimum absolute atomic E-state index is 0.235. The van der Waals surface area contributed by atoms with Gasteiger partial charge in [0, 0.05) is 43.3 Å². The van der Waals surface area contributed by atoms with E-state index in [2.05, 4.69) is 19.1 Å². The fourth-order valence-electron chi connectivity index (χ4n) is 5.44. The van der Waals surface area contributed by atoms with Crippen LogP contribution in [-0.4, -0.2) is 66.1 Å². The lowest BCUT2D eigenvalue weighted by Crippen LogP contribution is -2.53. The predicted octanol–water partition coefficient (Wildman–Crippen LogP) is 4.80. The number of amides is 1. The number of ether oxygens (including phenoxy) is 1. The lowest BCUT2D eigenvalue weighted by molar-refractivity contribution is -0.151. The number of carbonyl (C=O) groups excluding carboxylic acids is 1. The molecule has 3 N–H and O–H groups in total. The third kappa shape index (κ3) is 6.55. The molecule has 2 aromatic rings. The van der Waals surface area contributed by atoms with Gasteiger partial charge in [-0.3, -0.25) is 4.79 Å². The summed E-state index contributed by atoms with van der Waals surface area (Å²) in [6.45, 7) is 4.30. The molecule has 1 aliphatic heterocycles. The number of carbonyl (C=O) groups is 1. The van der Waals surface area contributed by atoms with Crippen molar-refractivity contribution in [1.82, 2.24) is 4.90 Å². The molecule has 3 rings (SSSR count). The van der Waals surface area contributed by atoms with Gasteiger partial charge in [-0.15, -0.1) is 0 Å². The summed E-state index contributed by atoms with van der Waals surface area (Å²) in [4.78, 5) is 15.0. The first-order chi connectivity index (χ1) is 17.7. The van der Waals surface area contributed by atoms with Gasteiger partial charge in [-0.2, -0.15) is 0 Å². The van der Waals surface area contributed by atoms with E-state index in [0.717, 1.165) is 48.8 Å². The van der Waals surface area contributed by atoms with Crippen molar-refractivity contribution in [1.29, 1.82) is 0 Å². The molecule has 0 unspecified atom stereocenters. The summed E-state index contributed by atoms with van der Waals surface area (Å²) in [7, 11) is 1.67. The first kappa shape index (κ1) is 29.6. The summed E-state index contributed by atoms with van der Waals surface area (Å²) in [5.41, 5.74) is 1.27. The van der Waals surface area contributed by atoms with Gasteiger partial charge in [-0.05, 0) is 68.2 Å². The van der Waals surface area contributed by atoms with Crippen molar-refractivity contribution in [2.24, 2.45) is 11.3 Å². The topological polar surface area (TPSA) is 90.2 Å². The van der Waals surface area contributed by atoms with Gasteiger partial charge in [0.05, 0.1) is 24.2 Å². The van der Waals surface area contributed by atoms with Crippen LogP contribution in [-0.2, 0) is 21.6 Å². The average molecular weight is 532 g/mol. The van der Waals surface area contributed by atoms with E-state index in [1.54, 1.807) is 18.9 Å². The maximum Gasteiger partial charge on any atom is 0.233 e. The highest BCUT2D eigenvalue weighted by atomic mass is 35.5. The number of halogens is 1. The molecule has 0 radical (unpaired) electrons. The number of aryl methyl sites for hydroxylation is 1. The Balaban J connectivity index is 2.06. The number of piperidine rings is 1. The Morgan fingerprint density at radius 3 is 2.57 bits per heavy atom. The van der Waals surface area contributed by atoms with Crippen LogP contribution in [0, 0.1) is 11.3 Å². The molecule has 2 atom stereocenters. The molecule has 1 amide bonds. The van der Waals surface area contributed by atoms with Crippen LogP contribution in [0.3, 0.4) is 0 Å². The number of methoxy groups -OCH3 is 1. The Bertz CT molecular complexity index is 1040. The van der Waals surface area contributed by atoms with E-state index in [-0.39, 0.29) is 11.8 Å². The highest BCUT2D eigenvalue weighted by Crippen LogP contribution is 2.46. The van der Waals surface area contributed by atoms with Gasteiger partial charge in [0.1, 0.15) is 0 Å². The van der Waals surface area contributed by atoms with E-state index in [9.17, 15) is 20.1 Å². The van der Waals surface area contributed by atoms with Gasteiger partial charge in [0.15, 0.2) is 0 Å². The molecule has 0 spiro atoms. The lowest BCUT2D eigenvalue weighted by atomic mass is 9.71. The number of unbranched alkanes of at least 4 members (excludes halogenated alkanes) is 1. The van der Waals surface area contributed by atoms with E-state index >= 15 is 0 Å². The van der Waals surface area contributed by atoms with E-state index in [1.165, 1.54) is 5.56 Å². The van der Waals surface area contributed by atoms with Crippen LogP contribution in [0.4, 0.5) is 0 Å². The monoisotopic (exact) mass is 531 g/mol. The largest absolute Gasteiger partial charge is 0.395 e. The molecular weight excluding hydrogens is 490 g/mol. The van der Waals surface area contributed by atoms with Crippen LogP contribution in [0.2, 0.25) is 5.02 Å². The molecule has 1 aliphatic rings. The summed E-state index contributed by atoms with van der Waals surface area (Å²) < 4.78 is 5.25. The van der Waals surface area contributed by atoms with Gasteiger partial charge >= 0.3 is 0 Å². The lowest BCUT2D eigenvalue weighted by Gasteiger charge is -2.45. The van der Waals surface area contributed by atoms with E-state index in [1.807, 2.05) is 30.3 Å². The number of likely N-dealkylation sites (tertiary alicyclic amines) is 1. The van der Waals surface area contributed by atoms with Crippen LogP contribution in [0.1, 0.15) is 57.1 Å². The Morgan fingerprint density at radius 2 is 1.89 bits per heavy atom. The number of rotatable bonds is 12. The highest BCUT2D eigenvalue weighted by Gasteiger charge is 2.45. The first-order valence-electron chi connectivity index (χ1n) is 13.3. The summed E-state index contributed by atoms with van der Waals surface area (Å²) in [6.07, 6.45) is 4.43. The van der Waals surface area contributed by atoms with Crippen LogP contribution in [0.15, 0.2) is 42.5 Å². The van der Waals surface area contributed by atoms with Crippen molar-refractivity contribution in [3.63, 3.8) is 0 Å². The fraction of sp³-hybridized carbons (Fsp3) is 0.567. The Morgan fingerprint density at radius 1 is 1.16 bits per heavy atom. The Hall–Kier alpha value is -1.96. The molecule has 0 aliphatic carbocycles. The minimum Gasteiger partial charge on any atom is -0.395 e. The third-order valence-electron chi connectivity index (χ3n) is 7.86. The molecule has 6 nitrogen and oxygen atoms in total. The Kier molecular flexibility index (Phi) is 10.6. The van der Waals surface area contributed by atoms with Crippen molar-refractivity contribution < 1.29 is 24.9 Å². The van der Waals surface area contributed by atoms with Crippen molar-refractivity contribution in [2.75, 3.05) is 40.0 Å².